The van der Waals surface area contributed by atoms with Gasteiger partial charge in [0, 0.05) is 17.6 Å². The Kier molecular flexibility index (Phi) is 4.47. The normalized spacial score (nSPS) is 14.3. The Hall–Kier alpha value is -3.40. The van der Waals surface area contributed by atoms with Crippen LogP contribution in [0.3, 0.4) is 0 Å². The zero-order chi connectivity index (χ0) is 19.8. The molecule has 0 aliphatic carbocycles. The molecule has 3 aromatic carbocycles. The van der Waals surface area contributed by atoms with Gasteiger partial charge in [-0.2, -0.15) is 0 Å². The molecule has 1 aliphatic rings. The van der Waals surface area contributed by atoms with Crippen molar-refractivity contribution in [2.24, 2.45) is 0 Å². The molecule has 0 aromatic heterocycles. The SMILES string of the molecule is CCN1C(=O)C(Nc2cccc3ccccc23)=C(c2ccc(C)c(C)c2)C1=O. The molecule has 0 spiro atoms. The largest absolute Gasteiger partial charge is 0.350 e. The smallest absolute Gasteiger partial charge is 0.278 e. The van der Waals surface area contributed by atoms with Crippen molar-refractivity contribution >= 4 is 33.8 Å². The molecular weight excluding hydrogens is 348 g/mol. The van der Waals surface area contributed by atoms with Crippen LogP contribution in [0.5, 0.6) is 0 Å². The number of anilines is 1. The highest BCUT2D eigenvalue weighted by Gasteiger charge is 2.38. The Balaban J connectivity index is 1.88. The topological polar surface area (TPSA) is 49.4 Å². The molecule has 0 bridgehead atoms. The Morgan fingerprint density at radius 2 is 1.61 bits per heavy atom. The first-order valence-corrected chi connectivity index (χ1v) is 9.44. The first kappa shape index (κ1) is 18.0. The van der Waals surface area contributed by atoms with E-state index >= 15 is 0 Å². The summed E-state index contributed by atoms with van der Waals surface area (Å²) in [6.45, 7) is 6.19. The zero-order valence-corrected chi connectivity index (χ0v) is 16.2. The molecule has 140 valence electrons. The molecule has 0 fully saturated rings. The van der Waals surface area contributed by atoms with Gasteiger partial charge in [-0.3, -0.25) is 14.5 Å². The number of carbonyl (C=O) groups excluding carboxylic acids is 2. The fourth-order valence-electron chi connectivity index (χ4n) is 3.61. The van der Waals surface area contributed by atoms with Crippen LogP contribution < -0.4 is 5.32 Å². The second-order valence-corrected chi connectivity index (χ2v) is 7.06. The number of nitrogens with zero attached hydrogens (tertiary/aromatic N) is 1. The highest BCUT2D eigenvalue weighted by Crippen LogP contribution is 2.33. The van der Waals surface area contributed by atoms with Gasteiger partial charge in [-0.1, -0.05) is 54.6 Å². The van der Waals surface area contributed by atoms with Crippen molar-refractivity contribution in [2.45, 2.75) is 20.8 Å². The fraction of sp³-hybridized carbons (Fsp3) is 0.167. The van der Waals surface area contributed by atoms with Crippen LogP contribution in [0.2, 0.25) is 0 Å². The number of rotatable bonds is 4. The lowest BCUT2D eigenvalue weighted by Gasteiger charge is -2.13. The number of imide groups is 1. The number of likely N-dealkylation sites (N-methyl/N-ethyl adjacent to an activating group) is 1. The molecule has 1 heterocycles. The second kappa shape index (κ2) is 6.97. The van der Waals surface area contributed by atoms with Crippen LogP contribution in [0.1, 0.15) is 23.6 Å². The summed E-state index contributed by atoms with van der Waals surface area (Å²) in [5.41, 5.74) is 4.59. The lowest BCUT2D eigenvalue weighted by molar-refractivity contribution is -0.136. The average molecular weight is 370 g/mol. The van der Waals surface area contributed by atoms with E-state index in [1.807, 2.05) is 81.4 Å². The minimum absolute atomic E-state index is 0.251. The highest BCUT2D eigenvalue weighted by molar-refractivity contribution is 6.36. The quantitative estimate of drug-likeness (QED) is 0.679. The zero-order valence-electron chi connectivity index (χ0n) is 16.2. The Morgan fingerprint density at radius 1 is 0.857 bits per heavy atom. The third-order valence-corrected chi connectivity index (χ3v) is 5.33. The number of benzene rings is 3. The van der Waals surface area contributed by atoms with E-state index in [1.54, 1.807) is 0 Å². The molecule has 2 amide bonds. The average Bonchev–Trinajstić information content (AvgIpc) is 2.93. The maximum atomic E-state index is 13.0. The van der Waals surface area contributed by atoms with Crippen molar-refractivity contribution in [3.05, 3.63) is 83.1 Å². The number of carbonyl (C=O) groups is 2. The standard InChI is InChI=1S/C24H22N2O2/c1-4-26-23(27)21(18-13-12-15(2)16(3)14-18)22(24(26)28)25-20-11-7-9-17-8-5-6-10-19(17)20/h5-14,25H,4H2,1-3H3. The first-order chi connectivity index (χ1) is 13.5. The van der Waals surface area contributed by atoms with Crippen molar-refractivity contribution in [3.63, 3.8) is 0 Å². The van der Waals surface area contributed by atoms with E-state index in [0.29, 0.717) is 17.8 Å². The lowest BCUT2D eigenvalue weighted by atomic mass is 9.99. The van der Waals surface area contributed by atoms with Gasteiger partial charge >= 0.3 is 0 Å². The summed E-state index contributed by atoms with van der Waals surface area (Å²) < 4.78 is 0. The van der Waals surface area contributed by atoms with Crippen LogP contribution >= 0.6 is 0 Å². The number of hydrogen-bond donors (Lipinski definition) is 1. The second-order valence-electron chi connectivity index (χ2n) is 7.06. The van der Waals surface area contributed by atoms with E-state index in [4.69, 9.17) is 0 Å². The predicted octanol–water partition coefficient (Wildman–Crippen LogP) is 4.67. The van der Waals surface area contributed by atoms with Gasteiger partial charge in [0.05, 0.1) is 5.57 Å². The summed E-state index contributed by atoms with van der Waals surface area (Å²) >= 11 is 0. The molecule has 0 atom stereocenters. The van der Waals surface area contributed by atoms with Crippen molar-refractivity contribution in [1.82, 2.24) is 4.90 Å². The summed E-state index contributed by atoms with van der Waals surface area (Å²) in [7, 11) is 0. The molecule has 0 radical (unpaired) electrons. The van der Waals surface area contributed by atoms with Crippen LogP contribution in [-0.2, 0) is 9.59 Å². The Bertz CT molecular complexity index is 1140. The summed E-state index contributed by atoms with van der Waals surface area (Å²) in [6.07, 6.45) is 0. The predicted molar refractivity (Wildman–Crippen MR) is 113 cm³/mol. The van der Waals surface area contributed by atoms with E-state index in [9.17, 15) is 9.59 Å². The molecule has 3 aromatic rings. The van der Waals surface area contributed by atoms with Gasteiger partial charge in [0.15, 0.2) is 0 Å². The minimum atomic E-state index is -0.284. The number of fused-ring (bicyclic) bond motifs is 1. The molecule has 0 saturated heterocycles. The van der Waals surface area contributed by atoms with Crippen molar-refractivity contribution in [2.75, 3.05) is 11.9 Å². The third-order valence-electron chi connectivity index (χ3n) is 5.33. The summed E-state index contributed by atoms with van der Waals surface area (Å²) in [5, 5.41) is 5.36. The highest BCUT2D eigenvalue weighted by atomic mass is 16.2. The lowest BCUT2D eigenvalue weighted by Crippen LogP contribution is -2.32. The molecule has 0 unspecified atom stereocenters. The van der Waals surface area contributed by atoms with Crippen LogP contribution in [-0.4, -0.2) is 23.3 Å². The van der Waals surface area contributed by atoms with E-state index < -0.39 is 0 Å². The van der Waals surface area contributed by atoms with Gasteiger partial charge in [-0.25, -0.2) is 0 Å². The molecule has 4 rings (SSSR count). The number of amides is 2. The summed E-state index contributed by atoms with van der Waals surface area (Å²) in [6, 6.07) is 19.7. The number of aryl methyl sites for hydroxylation is 2. The number of nitrogens with one attached hydrogen (secondary N) is 1. The molecule has 4 heteroatoms. The molecule has 1 aliphatic heterocycles. The third kappa shape index (κ3) is 2.87. The van der Waals surface area contributed by atoms with E-state index in [0.717, 1.165) is 33.2 Å². The fourth-order valence-corrected chi connectivity index (χ4v) is 3.61. The molecule has 4 nitrogen and oxygen atoms in total. The molecule has 0 saturated carbocycles. The maximum absolute atomic E-state index is 13.0. The minimum Gasteiger partial charge on any atom is -0.350 e. The monoisotopic (exact) mass is 370 g/mol. The molecule has 1 N–H and O–H groups in total. The Labute approximate surface area is 164 Å². The van der Waals surface area contributed by atoms with E-state index in [2.05, 4.69) is 5.32 Å². The van der Waals surface area contributed by atoms with Crippen LogP contribution in [0, 0.1) is 13.8 Å². The van der Waals surface area contributed by atoms with Crippen molar-refractivity contribution < 1.29 is 9.59 Å². The first-order valence-electron chi connectivity index (χ1n) is 9.44. The van der Waals surface area contributed by atoms with Crippen LogP contribution in [0.25, 0.3) is 16.3 Å². The van der Waals surface area contributed by atoms with Gasteiger partial charge in [0.2, 0.25) is 0 Å². The van der Waals surface area contributed by atoms with E-state index in [1.165, 1.54) is 4.90 Å². The molecule has 28 heavy (non-hydrogen) atoms. The van der Waals surface area contributed by atoms with Gasteiger partial charge in [0.25, 0.3) is 11.8 Å². The summed E-state index contributed by atoms with van der Waals surface area (Å²) in [4.78, 5) is 27.3. The van der Waals surface area contributed by atoms with E-state index in [-0.39, 0.29) is 11.8 Å². The van der Waals surface area contributed by atoms with Gasteiger partial charge in [-0.05, 0) is 48.9 Å². The van der Waals surface area contributed by atoms with Crippen molar-refractivity contribution in [1.29, 1.82) is 0 Å². The van der Waals surface area contributed by atoms with Crippen LogP contribution in [0.15, 0.2) is 66.4 Å². The maximum Gasteiger partial charge on any atom is 0.278 e. The number of hydrogen-bond acceptors (Lipinski definition) is 3. The van der Waals surface area contributed by atoms with Gasteiger partial charge < -0.3 is 5.32 Å². The van der Waals surface area contributed by atoms with Crippen LogP contribution in [0.4, 0.5) is 5.69 Å². The molecular formula is C24H22N2O2. The van der Waals surface area contributed by atoms with Gasteiger partial charge in [0.1, 0.15) is 5.70 Å². The van der Waals surface area contributed by atoms with Gasteiger partial charge in [-0.15, -0.1) is 0 Å². The summed E-state index contributed by atoms with van der Waals surface area (Å²) in [5.74, 6) is -0.535. The van der Waals surface area contributed by atoms with Crippen molar-refractivity contribution in [3.8, 4) is 0 Å². The Morgan fingerprint density at radius 3 is 2.36 bits per heavy atom.